The van der Waals surface area contributed by atoms with Crippen LogP contribution in [0.1, 0.15) is 51.7 Å². The van der Waals surface area contributed by atoms with E-state index >= 15 is 0 Å². The van der Waals surface area contributed by atoms with Gasteiger partial charge in [0, 0.05) is 11.7 Å². The Kier molecular flexibility index (Phi) is 6.06. The van der Waals surface area contributed by atoms with Gasteiger partial charge in [-0.3, -0.25) is 14.0 Å². The van der Waals surface area contributed by atoms with Crippen molar-refractivity contribution in [3.8, 4) is 5.88 Å². The third kappa shape index (κ3) is 4.40. The molecule has 1 unspecified atom stereocenters. The molecule has 1 aliphatic rings. The average molecular weight is 429 g/mol. The van der Waals surface area contributed by atoms with Crippen LogP contribution in [0.2, 0.25) is 0 Å². The number of carbonyl (C=O) groups excluding carboxylic acids is 2. The van der Waals surface area contributed by atoms with Crippen molar-refractivity contribution >= 4 is 17.6 Å². The molecule has 3 rings (SSSR count). The molecule has 9 heteroatoms. The van der Waals surface area contributed by atoms with Gasteiger partial charge in [-0.2, -0.15) is 4.98 Å². The van der Waals surface area contributed by atoms with Crippen LogP contribution in [0, 0.1) is 6.92 Å². The standard InChI is InChI=1S/C22H27N3O6/c1-7-29-20(27)14-15-17(23-13-11-12(3)9-10-25(13)19(15)26)31-18(24-22(4,5)6)16(14)21(28)30-8-2/h9-11,14,24H,7-8H2,1-6H3. The third-order valence-corrected chi connectivity index (χ3v) is 4.51. The molecule has 1 atom stereocenters. The number of esters is 2. The molecule has 0 spiro atoms. The van der Waals surface area contributed by atoms with Gasteiger partial charge in [0.2, 0.25) is 11.8 Å². The van der Waals surface area contributed by atoms with Gasteiger partial charge in [-0.25, -0.2) is 4.79 Å². The van der Waals surface area contributed by atoms with Gasteiger partial charge in [0.05, 0.1) is 18.8 Å². The fourth-order valence-electron chi connectivity index (χ4n) is 3.30. The Labute approximate surface area is 180 Å². The molecule has 3 heterocycles. The zero-order chi connectivity index (χ0) is 22.9. The first-order chi connectivity index (χ1) is 14.6. The van der Waals surface area contributed by atoms with Gasteiger partial charge >= 0.3 is 11.9 Å². The minimum absolute atomic E-state index is 0.0143. The number of carbonyl (C=O) groups is 2. The molecule has 2 aromatic heterocycles. The number of ether oxygens (including phenoxy) is 3. The van der Waals surface area contributed by atoms with E-state index in [2.05, 4.69) is 10.3 Å². The number of hydrogen-bond donors (Lipinski definition) is 1. The third-order valence-electron chi connectivity index (χ3n) is 4.51. The highest BCUT2D eigenvalue weighted by Crippen LogP contribution is 2.38. The fourth-order valence-corrected chi connectivity index (χ4v) is 3.30. The van der Waals surface area contributed by atoms with Gasteiger partial charge in [0.1, 0.15) is 17.1 Å². The summed E-state index contributed by atoms with van der Waals surface area (Å²) in [6, 6.07) is 3.48. The minimum atomic E-state index is -1.34. The molecule has 166 valence electrons. The van der Waals surface area contributed by atoms with E-state index in [9.17, 15) is 14.4 Å². The topological polar surface area (TPSA) is 108 Å². The van der Waals surface area contributed by atoms with Gasteiger partial charge in [-0.05, 0) is 59.2 Å². The molecular formula is C22H27N3O6. The summed E-state index contributed by atoms with van der Waals surface area (Å²) in [6.45, 7) is 10.9. The van der Waals surface area contributed by atoms with Gasteiger partial charge in [0.15, 0.2) is 0 Å². The summed E-state index contributed by atoms with van der Waals surface area (Å²) >= 11 is 0. The Balaban J connectivity index is 2.34. The largest absolute Gasteiger partial charge is 0.465 e. The fraction of sp³-hybridized carbons (Fsp3) is 0.455. The van der Waals surface area contributed by atoms with Gasteiger partial charge in [-0.15, -0.1) is 0 Å². The highest BCUT2D eigenvalue weighted by atomic mass is 16.5. The molecule has 9 nitrogen and oxygen atoms in total. The lowest BCUT2D eigenvalue weighted by Gasteiger charge is -2.31. The van der Waals surface area contributed by atoms with E-state index in [0.717, 1.165) is 5.56 Å². The molecule has 1 N–H and O–H groups in total. The zero-order valence-electron chi connectivity index (χ0n) is 18.6. The molecule has 1 aliphatic heterocycles. The summed E-state index contributed by atoms with van der Waals surface area (Å²) in [5, 5.41) is 3.09. The first-order valence-electron chi connectivity index (χ1n) is 10.1. The average Bonchev–Trinajstić information content (AvgIpc) is 2.65. The molecule has 0 radical (unpaired) electrons. The molecule has 0 aromatic carbocycles. The second-order valence-corrected chi connectivity index (χ2v) is 8.19. The lowest BCUT2D eigenvalue weighted by Crippen LogP contribution is -2.43. The molecule has 0 saturated heterocycles. The lowest BCUT2D eigenvalue weighted by atomic mass is 9.90. The van der Waals surface area contributed by atoms with Crippen molar-refractivity contribution < 1.29 is 23.8 Å². The van der Waals surface area contributed by atoms with Crippen LogP contribution < -0.4 is 15.6 Å². The number of pyridine rings is 1. The van der Waals surface area contributed by atoms with Crippen molar-refractivity contribution in [2.75, 3.05) is 13.2 Å². The Hall–Kier alpha value is -3.36. The Morgan fingerprint density at radius 1 is 1.23 bits per heavy atom. The van der Waals surface area contributed by atoms with Crippen LogP contribution in [0.5, 0.6) is 5.88 Å². The van der Waals surface area contributed by atoms with Gasteiger partial charge in [0.25, 0.3) is 5.56 Å². The van der Waals surface area contributed by atoms with E-state index < -0.39 is 29.0 Å². The molecule has 0 amide bonds. The normalized spacial score (nSPS) is 15.9. The number of nitrogens with zero attached hydrogens (tertiary/aromatic N) is 2. The maximum absolute atomic E-state index is 13.4. The van der Waals surface area contributed by atoms with Crippen molar-refractivity contribution in [1.29, 1.82) is 0 Å². The summed E-state index contributed by atoms with van der Waals surface area (Å²) in [7, 11) is 0. The van der Waals surface area contributed by atoms with Crippen LogP contribution in [0.25, 0.3) is 5.65 Å². The smallest absolute Gasteiger partial charge is 0.340 e. The van der Waals surface area contributed by atoms with E-state index in [0.29, 0.717) is 5.65 Å². The first kappa shape index (κ1) is 22.3. The number of aromatic nitrogens is 2. The maximum Gasteiger partial charge on any atom is 0.340 e. The van der Waals surface area contributed by atoms with Crippen LogP contribution in [-0.2, 0) is 19.1 Å². The highest BCUT2D eigenvalue weighted by Gasteiger charge is 2.44. The Bertz CT molecular complexity index is 1130. The van der Waals surface area contributed by atoms with Crippen molar-refractivity contribution in [3.05, 3.63) is 51.3 Å². The summed E-state index contributed by atoms with van der Waals surface area (Å²) in [4.78, 5) is 43.7. The van der Waals surface area contributed by atoms with E-state index in [1.165, 1.54) is 4.40 Å². The van der Waals surface area contributed by atoms with Crippen LogP contribution in [0.3, 0.4) is 0 Å². The summed E-state index contributed by atoms with van der Waals surface area (Å²) in [5.41, 5.74) is 0.0406. The SMILES string of the molecule is CCOC(=O)C1=C(NC(C)(C)C)Oc2nc3cc(C)ccn3c(=O)c2C1C(=O)OCC. The van der Waals surface area contributed by atoms with Crippen LogP contribution in [0.4, 0.5) is 0 Å². The lowest BCUT2D eigenvalue weighted by molar-refractivity contribution is -0.148. The van der Waals surface area contributed by atoms with E-state index in [1.807, 2.05) is 27.7 Å². The molecular weight excluding hydrogens is 402 g/mol. The van der Waals surface area contributed by atoms with Gasteiger partial charge < -0.3 is 19.5 Å². The van der Waals surface area contributed by atoms with E-state index in [1.54, 1.807) is 32.2 Å². The van der Waals surface area contributed by atoms with Crippen molar-refractivity contribution in [1.82, 2.24) is 14.7 Å². The predicted molar refractivity (Wildman–Crippen MR) is 113 cm³/mol. The summed E-state index contributed by atoms with van der Waals surface area (Å²) < 4.78 is 17.6. The van der Waals surface area contributed by atoms with Crippen LogP contribution >= 0.6 is 0 Å². The van der Waals surface area contributed by atoms with Gasteiger partial charge in [-0.1, -0.05) is 0 Å². The second kappa shape index (κ2) is 8.41. The molecule has 0 aliphatic carbocycles. The molecule has 0 saturated carbocycles. The minimum Gasteiger partial charge on any atom is -0.465 e. The zero-order valence-corrected chi connectivity index (χ0v) is 18.6. The predicted octanol–water partition coefficient (Wildman–Crippen LogP) is 2.20. The van der Waals surface area contributed by atoms with Crippen LogP contribution in [0.15, 0.2) is 34.6 Å². The van der Waals surface area contributed by atoms with Crippen molar-refractivity contribution in [2.45, 2.75) is 53.0 Å². The molecule has 0 bridgehead atoms. The quantitative estimate of drug-likeness (QED) is 0.721. The number of hydrogen-bond acceptors (Lipinski definition) is 8. The van der Waals surface area contributed by atoms with Crippen LogP contribution in [-0.4, -0.2) is 40.1 Å². The van der Waals surface area contributed by atoms with E-state index in [4.69, 9.17) is 14.2 Å². The summed E-state index contributed by atoms with van der Waals surface area (Å²) in [6.07, 6.45) is 1.57. The number of aryl methyl sites for hydroxylation is 1. The highest BCUT2D eigenvalue weighted by molar-refractivity contribution is 6.00. The first-order valence-corrected chi connectivity index (χ1v) is 10.1. The van der Waals surface area contributed by atoms with Crippen molar-refractivity contribution in [2.24, 2.45) is 0 Å². The van der Waals surface area contributed by atoms with Crippen molar-refractivity contribution in [3.63, 3.8) is 0 Å². The second-order valence-electron chi connectivity index (χ2n) is 8.19. The summed E-state index contributed by atoms with van der Waals surface area (Å²) in [5.74, 6) is -2.90. The molecule has 2 aromatic rings. The molecule has 31 heavy (non-hydrogen) atoms. The van der Waals surface area contributed by atoms with E-state index in [-0.39, 0.29) is 36.1 Å². The number of rotatable bonds is 5. The number of nitrogens with one attached hydrogen (secondary N) is 1. The number of fused-ring (bicyclic) bond motifs is 2. The monoisotopic (exact) mass is 429 g/mol. The Morgan fingerprint density at radius 2 is 1.90 bits per heavy atom. The maximum atomic E-state index is 13.4. The Morgan fingerprint density at radius 3 is 2.52 bits per heavy atom. The molecule has 0 fully saturated rings.